The lowest BCUT2D eigenvalue weighted by atomic mass is 9.78. The summed E-state index contributed by atoms with van der Waals surface area (Å²) in [5.41, 5.74) is 0. The van der Waals surface area contributed by atoms with E-state index in [1.165, 1.54) is 0 Å². The minimum atomic E-state index is -1.11. The van der Waals surface area contributed by atoms with Gasteiger partial charge in [0.2, 0.25) is 11.8 Å². The zero-order chi connectivity index (χ0) is 13.0. The van der Waals surface area contributed by atoms with Crippen molar-refractivity contribution in [3.63, 3.8) is 0 Å². The lowest BCUT2D eigenvalue weighted by Crippen LogP contribution is -2.47. The second-order valence-electron chi connectivity index (χ2n) is 5.00. The second kappa shape index (κ2) is 3.99. The molecule has 3 N–H and O–H groups in total. The summed E-state index contributed by atoms with van der Waals surface area (Å²) in [5.74, 6) is -2.09. The second-order valence-corrected chi connectivity index (χ2v) is 5.00. The Labute approximate surface area is 103 Å². The normalized spacial score (nSPS) is 46.1. The van der Waals surface area contributed by atoms with Crippen LogP contribution in [0.15, 0.2) is 0 Å². The van der Waals surface area contributed by atoms with Gasteiger partial charge < -0.3 is 20.1 Å². The van der Waals surface area contributed by atoms with Crippen molar-refractivity contribution in [3.8, 4) is 0 Å². The van der Waals surface area contributed by atoms with Crippen molar-refractivity contribution in [2.24, 2.45) is 11.8 Å². The SMILES string of the molecule is O=C1C2C3O[C@@H](C2C(=O)N1CCCO)[C@@H](O)C3O. The molecule has 100 valence electrons. The number of carbonyl (C=O) groups excluding carboxylic acids is 2. The first-order chi connectivity index (χ1) is 8.57. The van der Waals surface area contributed by atoms with E-state index < -0.39 is 36.3 Å². The molecule has 3 rings (SSSR count). The Morgan fingerprint density at radius 3 is 2.00 bits per heavy atom. The quantitative estimate of drug-likeness (QED) is 0.481. The van der Waals surface area contributed by atoms with E-state index >= 15 is 0 Å². The Morgan fingerprint density at radius 2 is 1.56 bits per heavy atom. The molecule has 6 atom stereocenters. The van der Waals surface area contributed by atoms with Gasteiger partial charge in [-0.2, -0.15) is 0 Å². The van der Waals surface area contributed by atoms with Crippen LogP contribution in [0.3, 0.4) is 0 Å². The summed E-state index contributed by atoms with van der Waals surface area (Å²) < 4.78 is 5.34. The van der Waals surface area contributed by atoms with Crippen molar-refractivity contribution >= 4 is 11.8 Å². The lowest BCUT2D eigenvalue weighted by molar-refractivity contribution is -0.143. The number of hydrogen-bond donors (Lipinski definition) is 3. The highest BCUT2D eigenvalue weighted by atomic mass is 16.6. The van der Waals surface area contributed by atoms with Crippen molar-refractivity contribution in [1.82, 2.24) is 4.90 Å². The van der Waals surface area contributed by atoms with Gasteiger partial charge in [0.05, 0.1) is 24.0 Å². The predicted octanol–water partition coefficient (Wildman–Crippen LogP) is -2.53. The molecule has 7 nitrogen and oxygen atoms in total. The van der Waals surface area contributed by atoms with Gasteiger partial charge in [0.1, 0.15) is 12.2 Å². The molecule has 0 aliphatic carbocycles. The van der Waals surface area contributed by atoms with Crippen LogP contribution in [-0.2, 0) is 14.3 Å². The fraction of sp³-hybridized carbons (Fsp3) is 0.818. The van der Waals surface area contributed by atoms with Gasteiger partial charge in [0.25, 0.3) is 0 Å². The number of amides is 2. The van der Waals surface area contributed by atoms with Gasteiger partial charge in [-0.25, -0.2) is 0 Å². The Bertz CT molecular complexity index is 367. The number of hydrogen-bond acceptors (Lipinski definition) is 6. The predicted molar refractivity (Wildman–Crippen MR) is 56.1 cm³/mol. The van der Waals surface area contributed by atoms with Crippen LogP contribution < -0.4 is 0 Å². The Hall–Kier alpha value is -1.02. The number of nitrogens with zero attached hydrogens (tertiary/aromatic N) is 1. The first-order valence-corrected chi connectivity index (χ1v) is 6.05. The van der Waals surface area contributed by atoms with Crippen LogP contribution in [0.4, 0.5) is 0 Å². The minimum absolute atomic E-state index is 0.0962. The molecule has 0 aromatic rings. The molecular formula is C11H15NO6. The lowest BCUT2D eigenvalue weighted by Gasteiger charge is -2.25. The van der Waals surface area contributed by atoms with E-state index in [4.69, 9.17) is 9.84 Å². The molecule has 0 spiro atoms. The van der Waals surface area contributed by atoms with Crippen molar-refractivity contribution in [1.29, 1.82) is 0 Å². The van der Waals surface area contributed by atoms with Crippen LogP contribution in [-0.4, -0.2) is 69.6 Å². The number of imide groups is 1. The zero-order valence-electron chi connectivity index (χ0n) is 9.60. The average molecular weight is 257 g/mol. The summed E-state index contributed by atoms with van der Waals surface area (Å²) >= 11 is 0. The molecule has 0 aromatic heterocycles. The van der Waals surface area contributed by atoms with Crippen LogP contribution in [0.5, 0.6) is 0 Å². The monoisotopic (exact) mass is 257 g/mol. The molecule has 18 heavy (non-hydrogen) atoms. The highest BCUT2D eigenvalue weighted by molar-refractivity contribution is 6.06. The largest absolute Gasteiger partial charge is 0.396 e. The van der Waals surface area contributed by atoms with E-state index in [0.717, 1.165) is 4.90 Å². The van der Waals surface area contributed by atoms with Crippen LogP contribution in [0.1, 0.15) is 6.42 Å². The summed E-state index contributed by atoms with van der Waals surface area (Å²) in [6.45, 7) is 0.0772. The number of ether oxygens (including phenoxy) is 1. The van der Waals surface area contributed by atoms with Gasteiger partial charge in [0.15, 0.2) is 0 Å². The van der Waals surface area contributed by atoms with Crippen LogP contribution in [0, 0.1) is 11.8 Å². The fourth-order valence-corrected chi connectivity index (χ4v) is 3.24. The third-order valence-corrected chi connectivity index (χ3v) is 4.07. The van der Waals surface area contributed by atoms with Gasteiger partial charge in [-0.1, -0.05) is 0 Å². The summed E-state index contributed by atoms with van der Waals surface area (Å²) in [7, 11) is 0. The maximum Gasteiger partial charge on any atom is 0.235 e. The Morgan fingerprint density at radius 1 is 1.06 bits per heavy atom. The molecule has 3 saturated heterocycles. The summed E-state index contributed by atoms with van der Waals surface area (Å²) in [5, 5.41) is 28.2. The van der Waals surface area contributed by atoms with Gasteiger partial charge in [-0.3, -0.25) is 14.5 Å². The number of aliphatic hydroxyl groups excluding tert-OH is 3. The molecule has 7 heteroatoms. The van der Waals surface area contributed by atoms with E-state index in [2.05, 4.69) is 0 Å². The maximum absolute atomic E-state index is 12.1. The van der Waals surface area contributed by atoms with Crippen molar-refractivity contribution in [2.45, 2.75) is 30.8 Å². The molecular weight excluding hydrogens is 242 g/mol. The summed E-state index contributed by atoms with van der Waals surface area (Å²) in [6.07, 6.45) is -3.45. The van der Waals surface area contributed by atoms with E-state index in [1.807, 2.05) is 0 Å². The van der Waals surface area contributed by atoms with Gasteiger partial charge in [0, 0.05) is 13.2 Å². The smallest absolute Gasteiger partial charge is 0.235 e. The maximum atomic E-state index is 12.1. The van der Waals surface area contributed by atoms with Crippen LogP contribution >= 0.6 is 0 Å². The molecule has 4 unspecified atom stereocenters. The van der Waals surface area contributed by atoms with E-state index in [0.29, 0.717) is 6.42 Å². The average Bonchev–Trinajstić information content (AvgIpc) is 2.94. The van der Waals surface area contributed by atoms with Gasteiger partial charge in [-0.05, 0) is 6.42 Å². The third-order valence-electron chi connectivity index (χ3n) is 4.07. The first kappa shape index (κ1) is 12.0. The molecule has 2 bridgehead atoms. The highest BCUT2D eigenvalue weighted by Gasteiger charge is 2.68. The number of aliphatic hydroxyl groups is 3. The Kier molecular flexibility index (Phi) is 2.67. The van der Waals surface area contributed by atoms with Crippen molar-refractivity contribution in [2.75, 3.05) is 13.2 Å². The van der Waals surface area contributed by atoms with E-state index in [9.17, 15) is 19.8 Å². The first-order valence-electron chi connectivity index (χ1n) is 6.05. The standard InChI is InChI=1S/C11H15NO6/c13-3-1-2-12-10(16)4-5(11(12)17)9-7(15)6(14)8(4)18-9/h4-9,13-15H,1-3H2/t4?,5?,6-,7?,8-,9?/m0/s1. The summed E-state index contributed by atoms with van der Waals surface area (Å²) in [4.78, 5) is 25.3. The van der Waals surface area contributed by atoms with Crippen LogP contribution in [0.2, 0.25) is 0 Å². The molecule has 3 aliphatic heterocycles. The van der Waals surface area contributed by atoms with Gasteiger partial charge >= 0.3 is 0 Å². The molecule has 3 heterocycles. The number of likely N-dealkylation sites (tertiary alicyclic amines) is 1. The fourth-order valence-electron chi connectivity index (χ4n) is 3.24. The third kappa shape index (κ3) is 1.33. The topological polar surface area (TPSA) is 107 Å². The molecule has 0 saturated carbocycles. The highest BCUT2D eigenvalue weighted by Crippen LogP contribution is 2.48. The van der Waals surface area contributed by atoms with E-state index in [1.54, 1.807) is 0 Å². The molecule has 3 fully saturated rings. The summed E-state index contributed by atoms with van der Waals surface area (Å²) in [6, 6.07) is 0. The zero-order valence-corrected chi connectivity index (χ0v) is 9.60. The van der Waals surface area contributed by atoms with Gasteiger partial charge in [-0.15, -0.1) is 0 Å². The van der Waals surface area contributed by atoms with E-state index in [-0.39, 0.29) is 25.0 Å². The molecule has 3 aliphatic rings. The molecule has 0 radical (unpaired) electrons. The number of fused-ring (bicyclic) bond motifs is 5. The van der Waals surface area contributed by atoms with Crippen molar-refractivity contribution < 1.29 is 29.6 Å². The van der Waals surface area contributed by atoms with Crippen LogP contribution in [0.25, 0.3) is 0 Å². The minimum Gasteiger partial charge on any atom is -0.396 e. The number of carbonyl (C=O) groups is 2. The number of rotatable bonds is 3. The molecule has 0 aromatic carbocycles. The van der Waals surface area contributed by atoms with Crippen molar-refractivity contribution in [3.05, 3.63) is 0 Å². The Balaban J connectivity index is 1.85. The molecule has 2 amide bonds.